The molecule has 1 rings (SSSR count). The Morgan fingerprint density at radius 1 is 1.27 bits per heavy atom. The second-order valence-corrected chi connectivity index (χ2v) is 4.14. The van der Waals surface area contributed by atoms with Crippen LogP contribution in [0.4, 0.5) is 0 Å². The molecular formula is C13H21NO. The van der Waals surface area contributed by atoms with E-state index in [1.54, 1.807) is 6.92 Å². The number of unbranched alkanes of at least 4 members (excludes halogenated alkanes) is 4. The zero-order chi connectivity index (χ0) is 11.1. The molecule has 0 fully saturated rings. The van der Waals surface area contributed by atoms with Crippen LogP contribution in [-0.4, -0.2) is 10.8 Å². The topological polar surface area (TPSA) is 32.9 Å². The van der Waals surface area contributed by atoms with Gasteiger partial charge in [-0.1, -0.05) is 32.6 Å². The van der Waals surface area contributed by atoms with Crippen LogP contribution in [0.1, 0.15) is 62.0 Å². The first-order chi connectivity index (χ1) is 7.24. The lowest BCUT2D eigenvalue weighted by Crippen LogP contribution is -1.90. The summed E-state index contributed by atoms with van der Waals surface area (Å²) in [5, 5.41) is 0. The smallest absolute Gasteiger partial charge is 0.175 e. The Morgan fingerprint density at radius 2 is 2.00 bits per heavy atom. The SMILES string of the molecule is CCCCCCCc1c[nH]c(C(C)=O)c1. The van der Waals surface area contributed by atoms with Crippen LogP contribution < -0.4 is 0 Å². The van der Waals surface area contributed by atoms with Crippen molar-refractivity contribution in [3.05, 3.63) is 23.5 Å². The number of Topliss-reactive ketones (excluding diaryl/α,β-unsaturated/α-hetero) is 1. The molecule has 0 radical (unpaired) electrons. The molecule has 84 valence electrons. The summed E-state index contributed by atoms with van der Waals surface area (Å²) >= 11 is 0. The minimum Gasteiger partial charge on any atom is -0.359 e. The molecule has 0 bridgehead atoms. The zero-order valence-corrected chi connectivity index (χ0v) is 9.81. The fourth-order valence-electron chi connectivity index (χ4n) is 1.72. The van der Waals surface area contributed by atoms with Crippen molar-refractivity contribution in [1.82, 2.24) is 4.98 Å². The van der Waals surface area contributed by atoms with Crippen molar-refractivity contribution in [3.63, 3.8) is 0 Å². The van der Waals surface area contributed by atoms with Gasteiger partial charge in [-0.25, -0.2) is 0 Å². The van der Waals surface area contributed by atoms with Crippen LogP contribution in [0.5, 0.6) is 0 Å². The molecule has 2 nitrogen and oxygen atoms in total. The fraction of sp³-hybridized carbons (Fsp3) is 0.615. The first-order valence-electron chi connectivity index (χ1n) is 5.92. The lowest BCUT2D eigenvalue weighted by atomic mass is 10.1. The molecule has 0 aromatic carbocycles. The number of hydrogen-bond donors (Lipinski definition) is 1. The van der Waals surface area contributed by atoms with Crippen LogP contribution in [-0.2, 0) is 6.42 Å². The Labute approximate surface area is 92.1 Å². The Balaban J connectivity index is 2.23. The first kappa shape index (κ1) is 12.0. The van der Waals surface area contributed by atoms with Crippen LogP contribution in [0.3, 0.4) is 0 Å². The number of carbonyl (C=O) groups is 1. The van der Waals surface area contributed by atoms with E-state index in [4.69, 9.17) is 0 Å². The van der Waals surface area contributed by atoms with Crippen LogP contribution in [0.2, 0.25) is 0 Å². The van der Waals surface area contributed by atoms with Crippen LogP contribution in [0.25, 0.3) is 0 Å². The van der Waals surface area contributed by atoms with Gasteiger partial charge < -0.3 is 4.98 Å². The van der Waals surface area contributed by atoms with Gasteiger partial charge in [-0.15, -0.1) is 0 Å². The molecule has 1 aromatic rings. The number of carbonyl (C=O) groups excluding carboxylic acids is 1. The molecule has 0 atom stereocenters. The summed E-state index contributed by atoms with van der Waals surface area (Å²) in [7, 11) is 0. The molecule has 0 amide bonds. The van der Waals surface area contributed by atoms with Gasteiger partial charge in [-0.05, 0) is 24.5 Å². The number of aromatic nitrogens is 1. The molecule has 15 heavy (non-hydrogen) atoms. The minimum atomic E-state index is 0.118. The molecule has 0 unspecified atom stereocenters. The predicted molar refractivity (Wildman–Crippen MR) is 63.3 cm³/mol. The van der Waals surface area contributed by atoms with Crippen molar-refractivity contribution in [2.45, 2.75) is 52.4 Å². The van der Waals surface area contributed by atoms with E-state index in [9.17, 15) is 4.79 Å². The second kappa shape index (κ2) is 6.44. The summed E-state index contributed by atoms with van der Waals surface area (Å²) in [5.74, 6) is 0.118. The molecular weight excluding hydrogens is 186 g/mol. The summed E-state index contributed by atoms with van der Waals surface area (Å²) in [5.41, 5.74) is 2.00. The number of nitrogens with one attached hydrogen (secondary N) is 1. The molecule has 0 spiro atoms. The molecule has 0 aliphatic rings. The van der Waals surface area contributed by atoms with Gasteiger partial charge in [0.05, 0.1) is 5.69 Å². The van der Waals surface area contributed by atoms with Gasteiger partial charge in [0.25, 0.3) is 0 Å². The molecule has 0 saturated carbocycles. The minimum absolute atomic E-state index is 0.118. The Morgan fingerprint density at radius 3 is 2.60 bits per heavy atom. The standard InChI is InChI=1S/C13H21NO/c1-3-4-5-6-7-8-12-9-13(11(2)15)14-10-12/h9-10,14H,3-8H2,1-2H3. The number of H-pyrrole nitrogens is 1. The second-order valence-electron chi connectivity index (χ2n) is 4.14. The lowest BCUT2D eigenvalue weighted by Gasteiger charge is -1.97. The Kier molecular flexibility index (Phi) is 5.16. The largest absolute Gasteiger partial charge is 0.359 e. The van der Waals surface area contributed by atoms with Crippen molar-refractivity contribution in [3.8, 4) is 0 Å². The van der Waals surface area contributed by atoms with Gasteiger partial charge in [0.15, 0.2) is 5.78 Å². The van der Waals surface area contributed by atoms with Crippen LogP contribution in [0, 0.1) is 0 Å². The number of aromatic amines is 1. The third-order valence-electron chi connectivity index (χ3n) is 2.69. The van der Waals surface area contributed by atoms with Gasteiger partial charge in [-0.3, -0.25) is 4.79 Å². The number of ketones is 1. The Hall–Kier alpha value is -1.05. The van der Waals surface area contributed by atoms with Crippen molar-refractivity contribution in [1.29, 1.82) is 0 Å². The third-order valence-corrected chi connectivity index (χ3v) is 2.69. The highest BCUT2D eigenvalue weighted by molar-refractivity contribution is 5.92. The average Bonchev–Trinajstić information content (AvgIpc) is 2.66. The lowest BCUT2D eigenvalue weighted by molar-refractivity contribution is 0.101. The van der Waals surface area contributed by atoms with Gasteiger partial charge in [0.1, 0.15) is 0 Å². The van der Waals surface area contributed by atoms with Crippen molar-refractivity contribution in [2.24, 2.45) is 0 Å². The quantitative estimate of drug-likeness (QED) is 0.536. The molecule has 1 heterocycles. The summed E-state index contributed by atoms with van der Waals surface area (Å²) in [6, 6.07) is 1.97. The number of hydrogen-bond acceptors (Lipinski definition) is 1. The molecule has 1 N–H and O–H groups in total. The highest BCUT2D eigenvalue weighted by atomic mass is 16.1. The first-order valence-corrected chi connectivity index (χ1v) is 5.92. The summed E-state index contributed by atoms with van der Waals surface area (Å²) in [6.45, 7) is 3.82. The maximum Gasteiger partial charge on any atom is 0.175 e. The molecule has 2 heteroatoms. The van der Waals surface area contributed by atoms with E-state index < -0.39 is 0 Å². The fourth-order valence-corrected chi connectivity index (χ4v) is 1.72. The molecule has 0 aliphatic heterocycles. The maximum absolute atomic E-state index is 11.0. The predicted octanol–water partition coefficient (Wildman–Crippen LogP) is 3.73. The third kappa shape index (κ3) is 4.32. The average molecular weight is 207 g/mol. The van der Waals surface area contributed by atoms with Gasteiger partial charge >= 0.3 is 0 Å². The van der Waals surface area contributed by atoms with E-state index >= 15 is 0 Å². The summed E-state index contributed by atoms with van der Waals surface area (Å²) in [6.07, 6.45) is 9.54. The summed E-state index contributed by atoms with van der Waals surface area (Å²) < 4.78 is 0. The van der Waals surface area contributed by atoms with Crippen LogP contribution in [0.15, 0.2) is 12.3 Å². The Bertz CT molecular complexity index is 301. The highest BCUT2D eigenvalue weighted by Gasteiger charge is 2.02. The normalized spacial score (nSPS) is 10.5. The van der Waals surface area contributed by atoms with Crippen molar-refractivity contribution in [2.75, 3.05) is 0 Å². The molecule has 0 aliphatic carbocycles. The van der Waals surface area contributed by atoms with Crippen molar-refractivity contribution >= 4 is 5.78 Å². The van der Waals surface area contributed by atoms with E-state index in [0.29, 0.717) is 0 Å². The number of aryl methyl sites for hydroxylation is 1. The number of rotatable bonds is 7. The monoisotopic (exact) mass is 207 g/mol. The van der Waals surface area contributed by atoms with E-state index in [1.807, 2.05) is 12.3 Å². The summed E-state index contributed by atoms with van der Waals surface area (Å²) in [4.78, 5) is 14.1. The zero-order valence-electron chi connectivity index (χ0n) is 9.81. The van der Waals surface area contributed by atoms with E-state index in [2.05, 4.69) is 11.9 Å². The van der Waals surface area contributed by atoms with E-state index in [1.165, 1.54) is 37.7 Å². The van der Waals surface area contributed by atoms with E-state index in [-0.39, 0.29) is 5.78 Å². The van der Waals surface area contributed by atoms with Crippen molar-refractivity contribution < 1.29 is 4.79 Å². The maximum atomic E-state index is 11.0. The van der Waals surface area contributed by atoms with Gasteiger partial charge in [-0.2, -0.15) is 0 Å². The van der Waals surface area contributed by atoms with Gasteiger partial charge in [0.2, 0.25) is 0 Å². The molecule has 1 aromatic heterocycles. The van der Waals surface area contributed by atoms with E-state index in [0.717, 1.165) is 12.1 Å². The van der Waals surface area contributed by atoms with Crippen LogP contribution >= 0.6 is 0 Å². The van der Waals surface area contributed by atoms with Gasteiger partial charge in [0, 0.05) is 13.1 Å². The highest BCUT2D eigenvalue weighted by Crippen LogP contribution is 2.10. The molecule has 0 saturated heterocycles.